The maximum absolute atomic E-state index is 10.2. The molecule has 8 heavy (non-hydrogen) atoms. The number of carbonyl (C=O) groups is 1. The second kappa shape index (κ2) is 2.11. The fourth-order valence-corrected chi connectivity index (χ4v) is 0.496. The van der Waals surface area contributed by atoms with Crippen molar-refractivity contribution in [1.29, 1.82) is 0 Å². The lowest BCUT2D eigenvalue weighted by atomic mass is 10.2. The molecule has 0 bridgehead atoms. The molecule has 0 unspecified atom stereocenters. The molecule has 1 aliphatic heterocycles. The Balaban J connectivity index is 2.17. The summed E-state index contributed by atoms with van der Waals surface area (Å²) in [6.07, 6.45) is 0.443. The van der Waals surface area contributed by atoms with Gasteiger partial charge in [-0.15, -0.1) is 5.48 Å². The van der Waals surface area contributed by atoms with Crippen molar-refractivity contribution in [2.45, 2.75) is 12.5 Å². The first kappa shape index (κ1) is 5.53. The summed E-state index contributed by atoms with van der Waals surface area (Å²) in [4.78, 5) is 14.4. The minimum Gasteiger partial charge on any atom is -0.396 e. The fourth-order valence-electron chi connectivity index (χ4n) is 0.496. The predicted octanol–water partition coefficient (Wildman–Crippen LogP) is -1.20. The molecular weight excluding hydrogens is 110 g/mol. The lowest BCUT2D eigenvalue weighted by Gasteiger charge is -2.23. The van der Waals surface area contributed by atoms with Gasteiger partial charge in [0.05, 0.1) is 0 Å². The summed E-state index contributed by atoms with van der Waals surface area (Å²) in [5, 5.41) is 8.27. The lowest BCUT2D eigenvalue weighted by molar-refractivity contribution is -0.181. The summed E-state index contributed by atoms with van der Waals surface area (Å²) in [7, 11) is 0. The van der Waals surface area contributed by atoms with E-state index < -0.39 is 0 Å². The number of hydrogen-bond acceptors (Lipinski definition) is 4. The van der Waals surface area contributed by atoms with E-state index in [1.165, 1.54) is 0 Å². The van der Waals surface area contributed by atoms with Gasteiger partial charge < -0.3 is 9.94 Å². The molecule has 1 atom stereocenters. The van der Waals surface area contributed by atoms with Gasteiger partial charge in [-0.3, -0.25) is 0 Å². The van der Waals surface area contributed by atoms with Crippen LogP contribution in [0.3, 0.4) is 0 Å². The van der Waals surface area contributed by atoms with Crippen molar-refractivity contribution >= 4 is 5.97 Å². The highest BCUT2D eigenvalue weighted by atomic mass is 16.7. The SMILES string of the molecule is O=C1ON[C@H]1CCO. The van der Waals surface area contributed by atoms with Gasteiger partial charge in [0.2, 0.25) is 0 Å². The van der Waals surface area contributed by atoms with Gasteiger partial charge in [0.15, 0.2) is 0 Å². The van der Waals surface area contributed by atoms with Gasteiger partial charge in [0.25, 0.3) is 0 Å². The highest BCUT2D eigenvalue weighted by Crippen LogP contribution is 2.01. The predicted molar refractivity (Wildman–Crippen MR) is 24.7 cm³/mol. The van der Waals surface area contributed by atoms with Gasteiger partial charge >= 0.3 is 5.97 Å². The third kappa shape index (κ3) is 0.801. The molecule has 4 nitrogen and oxygen atoms in total. The maximum Gasteiger partial charge on any atom is 0.345 e. The van der Waals surface area contributed by atoms with Crippen LogP contribution < -0.4 is 5.48 Å². The summed E-state index contributed by atoms with van der Waals surface area (Å²) >= 11 is 0. The van der Waals surface area contributed by atoms with Crippen LogP contribution in [0.25, 0.3) is 0 Å². The molecule has 1 rings (SSSR count). The molecule has 0 aliphatic carbocycles. The Hall–Kier alpha value is -0.610. The van der Waals surface area contributed by atoms with E-state index >= 15 is 0 Å². The molecule has 46 valence electrons. The summed E-state index contributed by atoms with van der Waals surface area (Å²) in [5.74, 6) is -0.279. The number of hydroxylamine groups is 1. The number of aliphatic hydroxyl groups excluding tert-OH is 1. The lowest BCUT2D eigenvalue weighted by Crippen LogP contribution is -2.51. The molecule has 0 aromatic heterocycles. The summed E-state index contributed by atoms with van der Waals surface area (Å²) in [6.45, 7) is 0.0206. The van der Waals surface area contributed by atoms with Gasteiger partial charge in [-0.05, 0) is 6.42 Å². The minimum atomic E-state index is -0.279. The number of hydrogen-bond donors (Lipinski definition) is 2. The molecule has 1 saturated heterocycles. The number of carbonyl (C=O) groups excluding carboxylic acids is 1. The highest BCUT2D eigenvalue weighted by molar-refractivity contribution is 5.79. The topological polar surface area (TPSA) is 58.6 Å². The van der Waals surface area contributed by atoms with Crippen LogP contribution in [0.1, 0.15) is 6.42 Å². The van der Waals surface area contributed by atoms with Crippen LogP contribution in [0, 0.1) is 0 Å². The van der Waals surface area contributed by atoms with Crippen molar-refractivity contribution in [3.8, 4) is 0 Å². The van der Waals surface area contributed by atoms with Crippen molar-refractivity contribution in [3.05, 3.63) is 0 Å². The maximum atomic E-state index is 10.2. The smallest absolute Gasteiger partial charge is 0.345 e. The molecule has 0 saturated carbocycles. The van der Waals surface area contributed by atoms with Crippen LogP contribution in [0.15, 0.2) is 0 Å². The van der Waals surface area contributed by atoms with Crippen molar-refractivity contribution in [2.24, 2.45) is 0 Å². The van der Waals surface area contributed by atoms with E-state index in [1.807, 2.05) is 0 Å². The number of rotatable bonds is 2. The average Bonchev–Trinajstić information content (AvgIpc) is 1.79. The molecule has 4 heteroatoms. The molecular formula is C4H7NO3. The van der Waals surface area contributed by atoms with E-state index in [4.69, 9.17) is 5.11 Å². The molecule has 2 N–H and O–H groups in total. The van der Waals surface area contributed by atoms with Gasteiger partial charge in [-0.25, -0.2) is 4.79 Å². The minimum absolute atomic E-state index is 0.0206. The number of nitrogens with one attached hydrogen (secondary N) is 1. The molecule has 1 aliphatic rings. The standard InChI is InChI=1S/C4H7NO3/c6-2-1-3-4(7)8-5-3/h3,5-6H,1-2H2/t3-/m0/s1. The van der Waals surface area contributed by atoms with Crippen molar-refractivity contribution < 1.29 is 14.7 Å². The monoisotopic (exact) mass is 117 g/mol. The third-order valence-electron chi connectivity index (χ3n) is 1.00. The zero-order chi connectivity index (χ0) is 5.98. The average molecular weight is 117 g/mol. The highest BCUT2D eigenvalue weighted by Gasteiger charge is 2.29. The van der Waals surface area contributed by atoms with E-state index in [0.29, 0.717) is 6.42 Å². The van der Waals surface area contributed by atoms with Crippen molar-refractivity contribution in [1.82, 2.24) is 5.48 Å². The van der Waals surface area contributed by atoms with Gasteiger partial charge in [-0.1, -0.05) is 0 Å². The summed E-state index contributed by atoms with van der Waals surface area (Å²) in [5.41, 5.74) is 2.39. The van der Waals surface area contributed by atoms with E-state index in [0.717, 1.165) is 0 Å². The Bertz CT molecular complexity index is 103. The Labute approximate surface area is 46.4 Å². The van der Waals surface area contributed by atoms with Crippen LogP contribution >= 0.6 is 0 Å². The third-order valence-corrected chi connectivity index (χ3v) is 1.00. The van der Waals surface area contributed by atoms with E-state index in [1.54, 1.807) is 0 Å². The molecule has 0 aromatic rings. The zero-order valence-corrected chi connectivity index (χ0v) is 4.26. The van der Waals surface area contributed by atoms with Crippen molar-refractivity contribution in [2.75, 3.05) is 6.61 Å². The van der Waals surface area contributed by atoms with Crippen LogP contribution in [0.2, 0.25) is 0 Å². The molecule has 1 fully saturated rings. The van der Waals surface area contributed by atoms with Gasteiger partial charge in [-0.2, -0.15) is 0 Å². The Morgan fingerprint density at radius 3 is 2.75 bits per heavy atom. The normalized spacial score (nSPS) is 26.6. The first-order valence-electron chi connectivity index (χ1n) is 2.41. The fraction of sp³-hybridized carbons (Fsp3) is 0.750. The van der Waals surface area contributed by atoms with Crippen LogP contribution in [0.5, 0.6) is 0 Å². The van der Waals surface area contributed by atoms with Gasteiger partial charge in [0, 0.05) is 6.61 Å². The molecule has 1 heterocycles. The van der Waals surface area contributed by atoms with Gasteiger partial charge in [0.1, 0.15) is 6.04 Å². The van der Waals surface area contributed by atoms with Crippen LogP contribution in [-0.4, -0.2) is 23.7 Å². The van der Waals surface area contributed by atoms with Crippen molar-refractivity contribution in [3.63, 3.8) is 0 Å². The van der Waals surface area contributed by atoms with E-state index in [9.17, 15) is 4.79 Å². The Morgan fingerprint density at radius 2 is 2.62 bits per heavy atom. The molecule has 0 amide bonds. The Kier molecular flexibility index (Phi) is 1.45. The second-order valence-electron chi connectivity index (χ2n) is 1.60. The second-order valence-corrected chi connectivity index (χ2v) is 1.60. The summed E-state index contributed by atoms with van der Waals surface area (Å²) in [6, 6.07) is -0.264. The zero-order valence-electron chi connectivity index (χ0n) is 4.26. The van der Waals surface area contributed by atoms with Crippen LogP contribution in [-0.2, 0) is 9.63 Å². The first-order chi connectivity index (χ1) is 3.84. The first-order valence-corrected chi connectivity index (χ1v) is 2.41. The van der Waals surface area contributed by atoms with E-state index in [2.05, 4.69) is 10.3 Å². The summed E-state index contributed by atoms with van der Waals surface area (Å²) < 4.78 is 0. The molecule has 0 aromatic carbocycles. The largest absolute Gasteiger partial charge is 0.396 e. The quantitative estimate of drug-likeness (QED) is 0.477. The van der Waals surface area contributed by atoms with E-state index in [-0.39, 0.29) is 18.6 Å². The van der Waals surface area contributed by atoms with Crippen LogP contribution in [0.4, 0.5) is 0 Å². The Morgan fingerprint density at radius 1 is 1.88 bits per heavy atom. The number of aliphatic hydroxyl groups is 1. The molecule has 0 spiro atoms. The molecule has 0 radical (unpaired) electrons.